The molecule has 0 atom stereocenters. The second kappa shape index (κ2) is 7.55. The molecule has 0 amide bonds. The van der Waals surface area contributed by atoms with E-state index in [1.807, 2.05) is 0 Å². The molecule has 0 aromatic heterocycles. The first-order valence-corrected chi connectivity index (χ1v) is 6.54. The monoisotopic (exact) mass is 296 g/mol. The van der Waals surface area contributed by atoms with Crippen LogP contribution in [0.25, 0.3) is 0 Å². The Balaban J connectivity index is 1.70. The number of benzene rings is 1. The van der Waals surface area contributed by atoms with Crippen LogP contribution in [-0.4, -0.2) is 55.4 Å². The predicted octanol–water partition coefficient (Wildman–Crippen LogP) is 1.44. The van der Waals surface area contributed by atoms with Crippen LogP contribution in [-0.2, 0) is 9.47 Å². The predicted molar refractivity (Wildman–Crippen MR) is 72.3 cm³/mol. The first kappa shape index (κ1) is 15.2. The number of hydrogen-bond acceptors (Lipinski definition) is 7. The minimum atomic E-state index is -0.822. The van der Waals surface area contributed by atoms with E-state index in [0.717, 1.165) is 13.1 Å². The normalized spacial score (nSPS) is 15.4. The third-order valence-electron chi connectivity index (χ3n) is 2.98. The number of rotatable bonds is 5. The van der Waals surface area contributed by atoms with Crippen LogP contribution in [0.1, 0.15) is 0 Å². The maximum absolute atomic E-state index is 11.5. The van der Waals surface area contributed by atoms with Gasteiger partial charge in [0, 0.05) is 31.8 Å². The van der Waals surface area contributed by atoms with E-state index in [1.165, 1.54) is 24.3 Å². The summed E-state index contributed by atoms with van der Waals surface area (Å²) in [6, 6.07) is 5.22. The summed E-state index contributed by atoms with van der Waals surface area (Å²) in [5.74, 6) is 0.206. The zero-order valence-corrected chi connectivity index (χ0v) is 11.4. The molecule has 1 aliphatic heterocycles. The third kappa shape index (κ3) is 5.01. The van der Waals surface area contributed by atoms with E-state index >= 15 is 0 Å². The van der Waals surface area contributed by atoms with Gasteiger partial charge in [0.1, 0.15) is 12.4 Å². The van der Waals surface area contributed by atoms with Crippen LogP contribution >= 0.6 is 0 Å². The van der Waals surface area contributed by atoms with Crippen LogP contribution in [0, 0.1) is 10.1 Å². The third-order valence-corrected chi connectivity index (χ3v) is 2.98. The summed E-state index contributed by atoms with van der Waals surface area (Å²) < 4.78 is 15.1. The standard InChI is InChI=1S/C13H16N2O6/c16-13(20-10-7-14-5-8-19-9-6-14)21-12-3-1-11(2-4-12)15(17)18/h1-4H,5-10H2. The summed E-state index contributed by atoms with van der Waals surface area (Å²) in [7, 11) is 0. The Hall–Kier alpha value is -2.19. The highest BCUT2D eigenvalue weighted by Crippen LogP contribution is 2.17. The molecular formula is C13H16N2O6. The number of morpholine rings is 1. The van der Waals surface area contributed by atoms with Gasteiger partial charge in [-0.15, -0.1) is 0 Å². The van der Waals surface area contributed by atoms with Gasteiger partial charge >= 0.3 is 6.16 Å². The molecule has 1 aromatic carbocycles. The van der Waals surface area contributed by atoms with E-state index in [9.17, 15) is 14.9 Å². The molecule has 2 rings (SSSR count). The minimum Gasteiger partial charge on any atom is -0.433 e. The number of carbonyl (C=O) groups excluding carboxylic acids is 1. The lowest BCUT2D eigenvalue weighted by molar-refractivity contribution is -0.384. The van der Waals surface area contributed by atoms with Crippen LogP contribution in [0.15, 0.2) is 24.3 Å². The Morgan fingerprint density at radius 2 is 1.95 bits per heavy atom. The number of ether oxygens (including phenoxy) is 3. The first-order valence-electron chi connectivity index (χ1n) is 6.54. The SMILES string of the molecule is O=C(OCCN1CCOCC1)Oc1ccc([N+](=O)[O-])cc1. The summed E-state index contributed by atoms with van der Waals surface area (Å²) >= 11 is 0. The number of non-ortho nitro benzene ring substituents is 1. The van der Waals surface area contributed by atoms with Crippen molar-refractivity contribution in [2.75, 3.05) is 39.5 Å². The highest BCUT2D eigenvalue weighted by molar-refractivity contribution is 5.63. The summed E-state index contributed by atoms with van der Waals surface area (Å²) in [5.41, 5.74) is -0.0666. The van der Waals surface area contributed by atoms with E-state index < -0.39 is 11.1 Å². The fourth-order valence-corrected chi connectivity index (χ4v) is 1.84. The average Bonchev–Trinajstić information content (AvgIpc) is 2.49. The Bertz CT molecular complexity index is 484. The van der Waals surface area contributed by atoms with Gasteiger partial charge in [-0.3, -0.25) is 15.0 Å². The summed E-state index contributed by atoms with van der Waals surface area (Å²) in [5, 5.41) is 10.5. The van der Waals surface area contributed by atoms with Crippen molar-refractivity contribution in [2.24, 2.45) is 0 Å². The molecule has 1 aromatic rings. The summed E-state index contributed by atoms with van der Waals surface area (Å²) in [6.07, 6.45) is -0.822. The number of nitro benzene ring substituents is 1. The van der Waals surface area contributed by atoms with Crippen molar-refractivity contribution in [1.29, 1.82) is 0 Å². The lowest BCUT2D eigenvalue weighted by Gasteiger charge is -2.25. The topological polar surface area (TPSA) is 91.1 Å². The molecule has 1 heterocycles. The lowest BCUT2D eigenvalue weighted by Crippen LogP contribution is -2.38. The molecule has 0 radical (unpaired) electrons. The van der Waals surface area contributed by atoms with Crippen molar-refractivity contribution in [1.82, 2.24) is 4.90 Å². The second-order valence-electron chi connectivity index (χ2n) is 4.41. The maximum atomic E-state index is 11.5. The quantitative estimate of drug-likeness (QED) is 0.351. The van der Waals surface area contributed by atoms with Crippen molar-refractivity contribution < 1.29 is 23.9 Å². The van der Waals surface area contributed by atoms with Gasteiger partial charge in [-0.25, -0.2) is 4.79 Å². The van der Waals surface area contributed by atoms with Gasteiger partial charge in [-0.2, -0.15) is 0 Å². The molecule has 0 saturated carbocycles. The zero-order valence-electron chi connectivity index (χ0n) is 11.4. The maximum Gasteiger partial charge on any atom is 0.513 e. The van der Waals surface area contributed by atoms with Crippen molar-refractivity contribution >= 4 is 11.8 Å². The van der Waals surface area contributed by atoms with Crippen molar-refractivity contribution in [2.45, 2.75) is 0 Å². The van der Waals surface area contributed by atoms with Gasteiger partial charge in [-0.1, -0.05) is 0 Å². The highest BCUT2D eigenvalue weighted by atomic mass is 16.7. The molecule has 1 aliphatic rings. The summed E-state index contributed by atoms with van der Waals surface area (Å²) in [4.78, 5) is 23.5. The van der Waals surface area contributed by atoms with Gasteiger partial charge in [0.15, 0.2) is 0 Å². The number of nitro groups is 1. The molecule has 1 fully saturated rings. The molecule has 114 valence electrons. The largest absolute Gasteiger partial charge is 0.513 e. The second-order valence-corrected chi connectivity index (χ2v) is 4.41. The highest BCUT2D eigenvalue weighted by Gasteiger charge is 2.12. The van der Waals surface area contributed by atoms with Gasteiger partial charge in [0.25, 0.3) is 5.69 Å². The van der Waals surface area contributed by atoms with E-state index in [-0.39, 0.29) is 18.0 Å². The molecule has 0 spiro atoms. The van der Waals surface area contributed by atoms with Crippen LogP contribution < -0.4 is 4.74 Å². The van der Waals surface area contributed by atoms with E-state index in [2.05, 4.69) is 4.90 Å². The Morgan fingerprint density at radius 1 is 1.29 bits per heavy atom. The number of nitrogens with zero attached hydrogens (tertiary/aromatic N) is 2. The zero-order chi connectivity index (χ0) is 15.1. The van der Waals surface area contributed by atoms with Crippen LogP contribution in [0.4, 0.5) is 10.5 Å². The smallest absolute Gasteiger partial charge is 0.433 e. The molecule has 8 heteroatoms. The van der Waals surface area contributed by atoms with Crippen molar-refractivity contribution in [3.05, 3.63) is 34.4 Å². The minimum absolute atomic E-state index is 0.0666. The average molecular weight is 296 g/mol. The van der Waals surface area contributed by atoms with Gasteiger partial charge in [0.2, 0.25) is 0 Å². The number of hydrogen-bond donors (Lipinski definition) is 0. The summed E-state index contributed by atoms with van der Waals surface area (Å²) in [6.45, 7) is 3.87. The Labute approximate surface area is 121 Å². The van der Waals surface area contributed by atoms with Gasteiger partial charge < -0.3 is 14.2 Å². The fourth-order valence-electron chi connectivity index (χ4n) is 1.84. The van der Waals surface area contributed by atoms with Crippen LogP contribution in [0.5, 0.6) is 5.75 Å². The van der Waals surface area contributed by atoms with Crippen molar-refractivity contribution in [3.8, 4) is 5.75 Å². The molecule has 1 saturated heterocycles. The first-order chi connectivity index (χ1) is 10.1. The lowest BCUT2D eigenvalue weighted by atomic mass is 10.3. The molecule has 0 bridgehead atoms. The van der Waals surface area contributed by atoms with Crippen LogP contribution in [0.2, 0.25) is 0 Å². The molecule has 0 unspecified atom stereocenters. The van der Waals surface area contributed by atoms with E-state index in [4.69, 9.17) is 14.2 Å². The Morgan fingerprint density at radius 3 is 2.57 bits per heavy atom. The number of carbonyl (C=O) groups is 1. The molecule has 8 nitrogen and oxygen atoms in total. The Kier molecular flexibility index (Phi) is 5.47. The van der Waals surface area contributed by atoms with Gasteiger partial charge in [-0.05, 0) is 12.1 Å². The van der Waals surface area contributed by atoms with E-state index in [0.29, 0.717) is 19.8 Å². The van der Waals surface area contributed by atoms with Crippen LogP contribution in [0.3, 0.4) is 0 Å². The van der Waals surface area contributed by atoms with Crippen molar-refractivity contribution in [3.63, 3.8) is 0 Å². The fraction of sp³-hybridized carbons (Fsp3) is 0.462. The van der Waals surface area contributed by atoms with E-state index in [1.54, 1.807) is 0 Å². The molecule has 21 heavy (non-hydrogen) atoms. The molecule has 0 aliphatic carbocycles. The van der Waals surface area contributed by atoms with Gasteiger partial charge in [0.05, 0.1) is 18.1 Å². The molecular weight excluding hydrogens is 280 g/mol. The molecule has 0 N–H and O–H groups in total.